The quantitative estimate of drug-likeness (QED) is 0.469. The number of nitrogens with zero attached hydrogens (tertiary/aromatic N) is 3. The second-order valence-corrected chi connectivity index (χ2v) is 8.50. The van der Waals surface area contributed by atoms with Crippen molar-refractivity contribution in [2.24, 2.45) is 18.0 Å². The van der Waals surface area contributed by atoms with Crippen molar-refractivity contribution in [3.05, 3.63) is 40.5 Å². The van der Waals surface area contributed by atoms with Crippen LogP contribution in [0.4, 0.5) is 0 Å². The summed E-state index contributed by atoms with van der Waals surface area (Å²) in [4.78, 5) is 27.9. The van der Waals surface area contributed by atoms with Crippen molar-refractivity contribution in [3.8, 4) is 0 Å². The van der Waals surface area contributed by atoms with Gasteiger partial charge in [-0.2, -0.15) is 5.10 Å². The maximum absolute atomic E-state index is 12.3. The van der Waals surface area contributed by atoms with Gasteiger partial charge < -0.3 is 14.2 Å². The highest BCUT2D eigenvalue weighted by molar-refractivity contribution is 6.42. The summed E-state index contributed by atoms with van der Waals surface area (Å²) in [5.41, 5.74) is 5.17. The zero-order chi connectivity index (χ0) is 23.3. The summed E-state index contributed by atoms with van der Waals surface area (Å²) < 4.78 is 18.2. The standard InChI is InChI=1S/C23H28ClN3O5/c1-14(2)31-23(29)16-6-5-7-18(10-16)32-22-20(24)9-8-17(11-25-22)19-12-26-27(4)21(19)13-30-15(3)28/h8,11-12,14,16,18H,5-7,10,13H2,1-4H3/t16-,18-/m0/s1. The van der Waals surface area contributed by atoms with Crippen LogP contribution in [-0.2, 0) is 37.5 Å². The van der Waals surface area contributed by atoms with Crippen molar-refractivity contribution < 1.29 is 23.8 Å². The van der Waals surface area contributed by atoms with Crippen molar-refractivity contribution in [2.45, 2.75) is 65.3 Å². The molecule has 1 fully saturated rings. The molecule has 1 aromatic rings. The third-order valence-corrected chi connectivity index (χ3v) is 5.51. The molecule has 172 valence electrons. The van der Waals surface area contributed by atoms with Gasteiger partial charge in [0.15, 0.2) is 0 Å². The van der Waals surface area contributed by atoms with E-state index in [9.17, 15) is 9.59 Å². The minimum Gasteiger partial charge on any atom is -0.473 e. The van der Waals surface area contributed by atoms with Gasteiger partial charge in [-0.3, -0.25) is 14.3 Å². The largest absolute Gasteiger partial charge is 0.473 e. The highest BCUT2D eigenvalue weighted by atomic mass is 35.5. The Balaban J connectivity index is 1.75. The topological polar surface area (TPSA) is 92.0 Å². The smallest absolute Gasteiger partial charge is 0.309 e. The summed E-state index contributed by atoms with van der Waals surface area (Å²) >= 11 is 6.38. The SMILES string of the molecule is CC(=O)OCc1c(C2=CN=C(O[C@H]3CCC[C@H](C(=O)OC(C)C)C3)C(Cl)=C=C2)cnn1C. The molecule has 0 amide bonds. The van der Waals surface area contributed by atoms with Crippen molar-refractivity contribution in [3.63, 3.8) is 0 Å². The molecule has 0 saturated heterocycles. The first-order valence-corrected chi connectivity index (χ1v) is 11.0. The Labute approximate surface area is 192 Å². The Morgan fingerprint density at radius 2 is 2.12 bits per heavy atom. The average molecular weight is 462 g/mol. The monoisotopic (exact) mass is 461 g/mol. The lowest BCUT2D eigenvalue weighted by atomic mass is 9.87. The molecule has 0 bridgehead atoms. The number of hydrogen-bond donors (Lipinski definition) is 0. The van der Waals surface area contributed by atoms with Crippen LogP contribution in [0, 0.1) is 5.92 Å². The molecule has 0 radical (unpaired) electrons. The first-order valence-electron chi connectivity index (χ1n) is 10.7. The van der Waals surface area contributed by atoms with Crippen molar-refractivity contribution in [1.29, 1.82) is 0 Å². The summed E-state index contributed by atoms with van der Waals surface area (Å²) in [6, 6.07) is 0. The van der Waals surface area contributed by atoms with E-state index in [2.05, 4.69) is 15.8 Å². The summed E-state index contributed by atoms with van der Waals surface area (Å²) in [7, 11) is 1.77. The number of allylic oxidation sites excluding steroid dienone is 1. The van der Waals surface area contributed by atoms with Crippen LogP contribution >= 0.6 is 11.6 Å². The van der Waals surface area contributed by atoms with Gasteiger partial charge in [-0.05, 0) is 45.6 Å². The lowest BCUT2D eigenvalue weighted by Crippen LogP contribution is -2.31. The van der Waals surface area contributed by atoms with Gasteiger partial charge >= 0.3 is 11.9 Å². The van der Waals surface area contributed by atoms with E-state index in [1.54, 1.807) is 30.2 Å². The molecule has 3 rings (SSSR count). The molecule has 2 atom stereocenters. The molecule has 1 aliphatic heterocycles. The van der Waals surface area contributed by atoms with E-state index in [-0.39, 0.29) is 47.6 Å². The predicted molar refractivity (Wildman–Crippen MR) is 120 cm³/mol. The first kappa shape index (κ1) is 23.8. The maximum Gasteiger partial charge on any atom is 0.309 e. The Morgan fingerprint density at radius 1 is 1.34 bits per heavy atom. The highest BCUT2D eigenvalue weighted by Crippen LogP contribution is 2.30. The normalized spacial score (nSPS) is 20.8. The predicted octanol–water partition coefficient (Wildman–Crippen LogP) is 4.04. The molecule has 1 saturated carbocycles. The number of aryl methyl sites for hydroxylation is 1. The van der Waals surface area contributed by atoms with Crippen LogP contribution in [0.1, 0.15) is 57.7 Å². The van der Waals surface area contributed by atoms with Crippen LogP contribution in [0.15, 0.2) is 34.2 Å². The lowest BCUT2D eigenvalue weighted by Gasteiger charge is -2.28. The molecule has 0 unspecified atom stereocenters. The second-order valence-electron chi connectivity index (χ2n) is 8.12. The van der Waals surface area contributed by atoms with E-state index >= 15 is 0 Å². The Morgan fingerprint density at radius 3 is 2.84 bits per heavy atom. The van der Waals surface area contributed by atoms with E-state index in [0.29, 0.717) is 12.0 Å². The van der Waals surface area contributed by atoms with E-state index in [1.165, 1.54) is 6.92 Å². The molecule has 0 aromatic carbocycles. The summed E-state index contributed by atoms with van der Waals surface area (Å²) in [5.74, 6) is -0.490. The molecule has 32 heavy (non-hydrogen) atoms. The first-order chi connectivity index (χ1) is 15.2. The summed E-state index contributed by atoms with van der Waals surface area (Å²) in [6.07, 6.45) is 7.69. The molecule has 1 aromatic heterocycles. The fourth-order valence-corrected chi connectivity index (χ4v) is 3.80. The molecule has 8 nitrogen and oxygen atoms in total. The molecule has 0 N–H and O–H groups in total. The molecule has 0 spiro atoms. The van der Waals surface area contributed by atoms with Crippen molar-refractivity contribution in [2.75, 3.05) is 0 Å². The van der Waals surface area contributed by atoms with E-state index in [1.807, 2.05) is 13.8 Å². The highest BCUT2D eigenvalue weighted by Gasteiger charge is 2.31. The zero-order valence-corrected chi connectivity index (χ0v) is 19.5. The van der Waals surface area contributed by atoms with Gasteiger partial charge in [-0.1, -0.05) is 17.3 Å². The number of hydrogen-bond acceptors (Lipinski definition) is 7. The van der Waals surface area contributed by atoms with Crippen molar-refractivity contribution in [1.82, 2.24) is 9.78 Å². The fraction of sp³-hybridized carbons (Fsp3) is 0.522. The number of aliphatic imine (C=N–C) groups is 1. The van der Waals surface area contributed by atoms with Crippen LogP contribution in [0.5, 0.6) is 0 Å². The fourth-order valence-electron chi connectivity index (χ4n) is 3.65. The maximum atomic E-state index is 12.3. The zero-order valence-electron chi connectivity index (χ0n) is 18.8. The molecule has 2 heterocycles. The van der Waals surface area contributed by atoms with Gasteiger partial charge in [0.1, 0.15) is 17.7 Å². The van der Waals surface area contributed by atoms with Crippen molar-refractivity contribution >= 4 is 35.0 Å². The molecular formula is C23H28ClN3O5. The van der Waals surface area contributed by atoms with E-state index < -0.39 is 0 Å². The van der Waals surface area contributed by atoms with Gasteiger partial charge in [0.2, 0.25) is 5.90 Å². The number of carbonyl (C=O) groups is 2. The van der Waals surface area contributed by atoms with Gasteiger partial charge in [0.25, 0.3) is 0 Å². The van der Waals surface area contributed by atoms with Crippen LogP contribution in [-0.4, -0.2) is 39.8 Å². The Bertz CT molecular complexity index is 1000. The Kier molecular flexibility index (Phi) is 7.94. The molecule has 1 aliphatic carbocycles. The lowest BCUT2D eigenvalue weighted by molar-refractivity contribution is -0.154. The Hall–Kier alpha value is -2.83. The summed E-state index contributed by atoms with van der Waals surface area (Å²) in [5, 5.41) is 4.49. The third kappa shape index (κ3) is 6.11. The number of carbonyl (C=O) groups excluding carboxylic acids is 2. The summed E-state index contributed by atoms with van der Waals surface area (Å²) in [6.45, 7) is 5.13. The average Bonchev–Trinajstić information content (AvgIpc) is 3.01. The van der Waals surface area contributed by atoms with Crippen LogP contribution in [0.25, 0.3) is 5.57 Å². The molecule has 9 heteroatoms. The number of aromatic nitrogens is 2. The van der Waals surface area contributed by atoms with Gasteiger partial charge in [0, 0.05) is 31.3 Å². The molecule has 2 aliphatic rings. The number of rotatable bonds is 6. The van der Waals surface area contributed by atoms with Crippen LogP contribution < -0.4 is 0 Å². The minimum atomic E-state index is -0.373. The van der Waals surface area contributed by atoms with E-state index in [4.69, 9.17) is 25.8 Å². The number of halogens is 1. The van der Waals surface area contributed by atoms with E-state index in [0.717, 1.165) is 30.5 Å². The number of esters is 2. The van der Waals surface area contributed by atoms with Crippen LogP contribution in [0.3, 0.4) is 0 Å². The minimum absolute atomic E-state index is 0.0901. The van der Waals surface area contributed by atoms with Gasteiger partial charge in [0.05, 0.1) is 23.9 Å². The van der Waals surface area contributed by atoms with Crippen LogP contribution in [0.2, 0.25) is 0 Å². The number of ether oxygens (including phenoxy) is 3. The third-order valence-electron chi connectivity index (χ3n) is 5.24. The second kappa shape index (κ2) is 10.7. The van der Waals surface area contributed by atoms with Gasteiger partial charge in [-0.15, -0.1) is 0 Å². The molecular weight excluding hydrogens is 434 g/mol. The van der Waals surface area contributed by atoms with Gasteiger partial charge in [-0.25, -0.2) is 4.99 Å².